The van der Waals surface area contributed by atoms with Crippen LogP contribution in [0.1, 0.15) is 40.5 Å². The Balaban J connectivity index is 2.42. The Morgan fingerprint density at radius 1 is 1.50 bits per heavy atom. The predicted molar refractivity (Wildman–Crippen MR) is 70.8 cm³/mol. The Bertz CT molecular complexity index is 323. The van der Waals surface area contributed by atoms with Gasteiger partial charge in [0.25, 0.3) is 0 Å². The van der Waals surface area contributed by atoms with Crippen molar-refractivity contribution < 1.29 is 9.59 Å². The molecule has 0 aliphatic carbocycles. The molecule has 1 aliphatic heterocycles. The van der Waals surface area contributed by atoms with Gasteiger partial charge in [-0.3, -0.25) is 9.59 Å². The Hall–Kier alpha value is -1.10. The fourth-order valence-corrected chi connectivity index (χ4v) is 2.00. The number of hydrogen-bond donors (Lipinski definition) is 2. The Morgan fingerprint density at radius 2 is 2.11 bits per heavy atom. The Labute approximate surface area is 109 Å². The zero-order valence-electron chi connectivity index (χ0n) is 11.8. The predicted octanol–water partition coefficient (Wildman–Crippen LogP) is 0.487. The highest BCUT2D eigenvalue weighted by molar-refractivity contribution is 5.82. The van der Waals surface area contributed by atoms with Crippen LogP contribution >= 0.6 is 0 Å². The van der Waals surface area contributed by atoms with Gasteiger partial charge in [-0.25, -0.2) is 0 Å². The number of carbonyl (C=O) groups excluding carboxylic acids is 2. The second kappa shape index (κ2) is 5.69. The summed E-state index contributed by atoms with van der Waals surface area (Å²) in [5.74, 6) is 0.0258. The molecule has 0 saturated carbocycles. The highest BCUT2D eigenvalue weighted by Crippen LogP contribution is 2.17. The van der Waals surface area contributed by atoms with Crippen molar-refractivity contribution in [2.24, 2.45) is 11.1 Å². The van der Waals surface area contributed by atoms with Gasteiger partial charge in [-0.15, -0.1) is 0 Å². The first-order valence-electron chi connectivity index (χ1n) is 6.55. The first-order chi connectivity index (χ1) is 8.21. The number of nitrogens with two attached hydrogens (primary N) is 1. The highest BCUT2D eigenvalue weighted by Gasteiger charge is 2.29. The number of amides is 2. The first kappa shape index (κ1) is 15.0. The molecule has 2 atom stereocenters. The molecule has 5 heteroatoms. The van der Waals surface area contributed by atoms with Gasteiger partial charge in [0.1, 0.15) is 0 Å². The fourth-order valence-electron chi connectivity index (χ4n) is 2.00. The van der Waals surface area contributed by atoms with Crippen LogP contribution in [0.4, 0.5) is 0 Å². The molecule has 0 bridgehead atoms. The zero-order valence-corrected chi connectivity index (χ0v) is 11.8. The maximum Gasteiger partial charge on any atom is 0.237 e. The van der Waals surface area contributed by atoms with Crippen LogP contribution in [0.15, 0.2) is 0 Å². The van der Waals surface area contributed by atoms with E-state index in [0.29, 0.717) is 13.0 Å². The van der Waals surface area contributed by atoms with Crippen molar-refractivity contribution in [2.45, 2.75) is 52.6 Å². The van der Waals surface area contributed by atoms with Gasteiger partial charge in [-0.2, -0.15) is 0 Å². The van der Waals surface area contributed by atoms with Crippen LogP contribution in [0.2, 0.25) is 0 Å². The van der Waals surface area contributed by atoms with Gasteiger partial charge in [0, 0.05) is 25.6 Å². The van der Waals surface area contributed by atoms with Gasteiger partial charge in [-0.05, 0) is 18.8 Å². The number of likely N-dealkylation sites (tertiary alicyclic amines) is 1. The summed E-state index contributed by atoms with van der Waals surface area (Å²) < 4.78 is 0. The number of rotatable bonds is 4. The summed E-state index contributed by atoms with van der Waals surface area (Å²) in [5.41, 5.74) is 5.63. The zero-order chi connectivity index (χ0) is 13.9. The molecule has 1 saturated heterocycles. The van der Waals surface area contributed by atoms with E-state index < -0.39 is 6.04 Å². The second-order valence-electron chi connectivity index (χ2n) is 6.20. The van der Waals surface area contributed by atoms with E-state index in [4.69, 9.17) is 5.73 Å². The third kappa shape index (κ3) is 3.98. The first-order valence-corrected chi connectivity index (χ1v) is 6.55. The standard InChI is InChI=1S/C13H25N3O2/c1-9(8-16-7-5-6-10(16)17)15-12(18)11(14)13(2,3)4/h9,11H,5-8,14H2,1-4H3,(H,15,18)/t9?,11-/m0/s1. The maximum atomic E-state index is 11.9. The molecule has 5 nitrogen and oxygen atoms in total. The minimum atomic E-state index is -0.533. The number of carbonyl (C=O) groups is 2. The minimum Gasteiger partial charge on any atom is -0.351 e. The molecular formula is C13H25N3O2. The van der Waals surface area contributed by atoms with Crippen molar-refractivity contribution in [3.05, 3.63) is 0 Å². The monoisotopic (exact) mass is 255 g/mol. The molecule has 0 aromatic carbocycles. The fraction of sp³-hybridized carbons (Fsp3) is 0.846. The molecule has 0 spiro atoms. The van der Waals surface area contributed by atoms with Crippen LogP contribution < -0.4 is 11.1 Å². The molecule has 1 rings (SSSR count). The van der Waals surface area contributed by atoms with Crippen LogP contribution in [-0.2, 0) is 9.59 Å². The number of nitrogens with one attached hydrogen (secondary N) is 1. The van der Waals surface area contributed by atoms with E-state index in [-0.39, 0.29) is 23.3 Å². The maximum absolute atomic E-state index is 11.9. The third-order valence-electron chi connectivity index (χ3n) is 3.27. The van der Waals surface area contributed by atoms with E-state index in [0.717, 1.165) is 13.0 Å². The molecular weight excluding hydrogens is 230 g/mol. The van der Waals surface area contributed by atoms with Gasteiger partial charge in [0.05, 0.1) is 6.04 Å². The molecule has 1 heterocycles. The lowest BCUT2D eigenvalue weighted by molar-refractivity contribution is -0.129. The summed E-state index contributed by atoms with van der Waals surface area (Å²) in [7, 11) is 0. The summed E-state index contributed by atoms with van der Waals surface area (Å²) in [6.45, 7) is 9.08. The summed E-state index contributed by atoms with van der Waals surface area (Å²) >= 11 is 0. The average molecular weight is 255 g/mol. The van der Waals surface area contributed by atoms with E-state index in [1.165, 1.54) is 0 Å². The van der Waals surface area contributed by atoms with E-state index in [9.17, 15) is 9.59 Å². The quantitative estimate of drug-likeness (QED) is 0.767. The van der Waals surface area contributed by atoms with E-state index in [1.807, 2.05) is 27.7 Å². The van der Waals surface area contributed by atoms with Crippen molar-refractivity contribution in [1.29, 1.82) is 0 Å². The van der Waals surface area contributed by atoms with Crippen LogP contribution in [0.3, 0.4) is 0 Å². The third-order valence-corrected chi connectivity index (χ3v) is 3.27. The van der Waals surface area contributed by atoms with E-state index in [2.05, 4.69) is 5.32 Å². The topological polar surface area (TPSA) is 75.4 Å². The van der Waals surface area contributed by atoms with Crippen molar-refractivity contribution in [1.82, 2.24) is 10.2 Å². The second-order valence-corrected chi connectivity index (χ2v) is 6.20. The van der Waals surface area contributed by atoms with Crippen LogP contribution in [-0.4, -0.2) is 41.9 Å². The molecule has 1 aliphatic rings. The Morgan fingerprint density at radius 3 is 2.56 bits per heavy atom. The van der Waals surface area contributed by atoms with Gasteiger partial charge < -0.3 is 16.0 Å². The summed E-state index contributed by atoms with van der Waals surface area (Å²) in [4.78, 5) is 25.2. The SMILES string of the molecule is CC(CN1CCCC1=O)NC(=O)[C@H](N)C(C)(C)C. The van der Waals surface area contributed by atoms with Crippen LogP contribution in [0, 0.1) is 5.41 Å². The average Bonchev–Trinajstić information content (AvgIpc) is 2.61. The van der Waals surface area contributed by atoms with Crippen molar-refractivity contribution in [3.63, 3.8) is 0 Å². The molecule has 1 fully saturated rings. The molecule has 0 aromatic heterocycles. The summed E-state index contributed by atoms with van der Waals surface area (Å²) in [6, 6.07) is -0.595. The summed E-state index contributed by atoms with van der Waals surface area (Å²) in [5, 5.41) is 2.88. The largest absolute Gasteiger partial charge is 0.351 e. The lowest BCUT2D eigenvalue weighted by Crippen LogP contribution is -2.52. The smallest absolute Gasteiger partial charge is 0.237 e. The molecule has 104 valence electrons. The van der Waals surface area contributed by atoms with Crippen LogP contribution in [0.25, 0.3) is 0 Å². The van der Waals surface area contributed by atoms with Crippen molar-refractivity contribution in [3.8, 4) is 0 Å². The molecule has 3 N–H and O–H groups in total. The van der Waals surface area contributed by atoms with Crippen molar-refractivity contribution >= 4 is 11.8 Å². The van der Waals surface area contributed by atoms with Crippen molar-refractivity contribution in [2.75, 3.05) is 13.1 Å². The Kier molecular flexibility index (Phi) is 4.73. The highest BCUT2D eigenvalue weighted by atomic mass is 16.2. The van der Waals surface area contributed by atoms with Gasteiger partial charge in [0.15, 0.2) is 0 Å². The molecule has 0 radical (unpaired) electrons. The molecule has 18 heavy (non-hydrogen) atoms. The van der Waals surface area contributed by atoms with E-state index >= 15 is 0 Å². The number of hydrogen-bond acceptors (Lipinski definition) is 3. The summed E-state index contributed by atoms with van der Waals surface area (Å²) in [6.07, 6.45) is 1.54. The van der Waals surface area contributed by atoms with Crippen LogP contribution in [0.5, 0.6) is 0 Å². The normalized spacial score (nSPS) is 19.8. The number of nitrogens with zero attached hydrogens (tertiary/aromatic N) is 1. The molecule has 0 aromatic rings. The van der Waals surface area contributed by atoms with Gasteiger partial charge in [0.2, 0.25) is 11.8 Å². The lowest BCUT2D eigenvalue weighted by atomic mass is 9.87. The molecule has 1 unspecified atom stereocenters. The lowest BCUT2D eigenvalue weighted by Gasteiger charge is -2.28. The van der Waals surface area contributed by atoms with Gasteiger partial charge >= 0.3 is 0 Å². The van der Waals surface area contributed by atoms with Gasteiger partial charge in [-0.1, -0.05) is 20.8 Å². The minimum absolute atomic E-state index is 0.0621. The van der Waals surface area contributed by atoms with E-state index in [1.54, 1.807) is 4.90 Å². The molecule has 2 amide bonds.